The van der Waals surface area contributed by atoms with Gasteiger partial charge in [-0.25, -0.2) is 0 Å². The Hall–Kier alpha value is -1.66. The molecule has 19 heavy (non-hydrogen) atoms. The van der Waals surface area contributed by atoms with E-state index in [4.69, 9.17) is 17.3 Å². The first-order valence-corrected chi connectivity index (χ1v) is 7.19. The van der Waals surface area contributed by atoms with Gasteiger partial charge in [0, 0.05) is 17.2 Å². The van der Waals surface area contributed by atoms with E-state index in [1.54, 1.807) is 12.1 Å². The quantitative estimate of drug-likeness (QED) is 0.737. The first-order valence-electron chi connectivity index (χ1n) is 6.00. The first-order chi connectivity index (χ1) is 9.22. The van der Waals surface area contributed by atoms with Crippen LogP contribution in [0, 0.1) is 0 Å². The van der Waals surface area contributed by atoms with E-state index in [9.17, 15) is 0 Å². The summed E-state index contributed by atoms with van der Waals surface area (Å²) >= 11 is 7.68. The van der Waals surface area contributed by atoms with Crippen LogP contribution in [-0.2, 0) is 0 Å². The molecule has 0 bridgehead atoms. The molecule has 96 valence electrons. The zero-order valence-electron chi connectivity index (χ0n) is 9.88. The maximum absolute atomic E-state index is 6.21. The van der Waals surface area contributed by atoms with Gasteiger partial charge in [0.1, 0.15) is 5.01 Å². The van der Waals surface area contributed by atoms with E-state index in [-0.39, 0.29) is 0 Å². The predicted molar refractivity (Wildman–Crippen MR) is 75.5 cm³/mol. The molecule has 0 amide bonds. The van der Waals surface area contributed by atoms with Gasteiger partial charge in [0.15, 0.2) is 5.82 Å². The van der Waals surface area contributed by atoms with Crippen molar-refractivity contribution in [2.24, 2.45) is 0 Å². The highest BCUT2D eigenvalue weighted by Gasteiger charge is 2.30. The minimum Gasteiger partial charge on any atom is -0.399 e. The largest absolute Gasteiger partial charge is 0.399 e. The molecule has 1 saturated carbocycles. The molecular formula is C12H10ClN5S. The second kappa shape index (κ2) is 3.91. The van der Waals surface area contributed by atoms with Crippen LogP contribution in [0.25, 0.3) is 15.5 Å². The fourth-order valence-corrected chi connectivity index (χ4v) is 3.18. The standard InChI is InChI=1S/C12H10ClN5S/c13-9-4-3-7(14)5-8(9)11-17-18-10(6-1-2-6)15-16-12(18)19-11/h3-6H,1-2,14H2. The average Bonchev–Trinajstić information content (AvgIpc) is 3.01. The molecule has 0 radical (unpaired) electrons. The fourth-order valence-electron chi connectivity index (χ4n) is 2.04. The van der Waals surface area contributed by atoms with Crippen molar-refractivity contribution in [3.63, 3.8) is 0 Å². The van der Waals surface area contributed by atoms with Crippen molar-refractivity contribution in [1.29, 1.82) is 0 Å². The molecule has 0 spiro atoms. The van der Waals surface area contributed by atoms with Gasteiger partial charge in [0.25, 0.3) is 0 Å². The van der Waals surface area contributed by atoms with E-state index < -0.39 is 0 Å². The number of hydrogen-bond donors (Lipinski definition) is 1. The minimum atomic E-state index is 0.515. The van der Waals surface area contributed by atoms with Crippen LogP contribution >= 0.6 is 22.9 Å². The number of aromatic nitrogens is 4. The number of nitrogens with two attached hydrogens (primary N) is 1. The van der Waals surface area contributed by atoms with Crippen molar-refractivity contribution >= 4 is 33.6 Å². The molecule has 3 aromatic rings. The van der Waals surface area contributed by atoms with Crippen molar-refractivity contribution in [3.05, 3.63) is 29.0 Å². The SMILES string of the molecule is Nc1ccc(Cl)c(-c2nn3c(C4CC4)nnc3s2)c1. The van der Waals surface area contributed by atoms with Gasteiger partial charge in [-0.1, -0.05) is 22.9 Å². The summed E-state index contributed by atoms with van der Waals surface area (Å²) in [6.45, 7) is 0. The van der Waals surface area contributed by atoms with E-state index in [0.29, 0.717) is 16.6 Å². The van der Waals surface area contributed by atoms with Crippen LogP contribution in [0.3, 0.4) is 0 Å². The van der Waals surface area contributed by atoms with Gasteiger partial charge in [-0.15, -0.1) is 10.2 Å². The topological polar surface area (TPSA) is 69.1 Å². The predicted octanol–water partition coefficient (Wildman–Crippen LogP) is 2.97. The smallest absolute Gasteiger partial charge is 0.234 e. The van der Waals surface area contributed by atoms with E-state index in [2.05, 4.69) is 15.3 Å². The summed E-state index contributed by atoms with van der Waals surface area (Å²) in [5, 5.41) is 14.4. The number of rotatable bonds is 2. The van der Waals surface area contributed by atoms with Crippen LogP contribution in [-0.4, -0.2) is 19.8 Å². The highest BCUT2D eigenvalue weighted by atomic mass is 35.5. The summed E-state index contributed by atoms with van der Waals surface area (Å²) in [5.74, 6) is 1.47. The summed E-state index contributed by atoms with van der Waals surface area (Å²) < 4.78 is 1.83. The van der Waals surface area contributed by atoms with E-state index >= 15 is 0 Å². The normalized spacial score (nSPS) is 15.2. The molecule has 0 aliphatic heterocycles. The Morgan fingerprint density at radius 2 is 2.16 bits per heavy atom. The Balaban J connectivity index is 1.88. The lowest BCUT2D eigenvalue weighted by atomic mass is 10.2. The highest BCUT2D eigenvalue weighted by Crippen LogP contribution is 2.40. The first kappa shape index (κ1) is 11.2. The molecule has 5 nitrogen and oxygen atoms in total. The van der Waals surface area contributed by atoms with Gasteiger partial charge in [-0.2, -0.15) is 9.61 Å². The second-order valence-electron chi connectivity index (χ2n) is 4.67. The van der Waals surface area contributed by atoms with Crippen LogP contribution in [0.5, 0.6) is 0 Å². The molecule has 1 aromatic carbocycles. The summed E-state index contributed by atoms with van der Waals surface area (Å²) in [6.07, 6.45) is 2.35. The van der Waals surface area contributed by atoms with Gasteiger partial charge in [-0.3, -0.25) is 0 Å². The van der Waals surface area contributed by atoms with Crippen molar-refractivity contribution < 1.29 is 0 Å². The molecule has 4 rings (SSSR count). The Morgan fingerprint density at radius 3 is 2.95 bits per heavy atom. The molecule has 0 unspecified atom stereocenters. The molecular weight excluding hydrogens is 282 g/mol. The number of halogens is 1. The molecule has 2 aromatic heterocycles. The van der Waals surface area contributed by atoms with Crippen molar-refractivity contribution in [1.82, 2.24) is 19.8 Å². The maximum atomic E-state index is 6.21. The van der Waals surface area contributed by atoms with Crippen LogP contribution in [0.15, 0.2) is 18.2 Å². The van der Waals surface area contributed by atoms with Gasteiger partial charge in [0.2, 0.25) is 4.96 Å². The third-order valence-electron chi connectivity index (χ3n) is 3.18. The minimum absolute atomic E-state index is 0.515. The molecule has 2 N–H and O–H groups in total. The number of nitrogens with zero attached hydrogens (tertiary/aromatic N) is 4. The van der Waals surface area contributed by atoms with Gasteiger partial charge in [-0.05, 0) is 31.0 Å². The van der Waals surface area contributed by atoms with E-state index in [0.717, 1.165) is 21.4 Å². The maximum Gasteiger partial charge on any atom is 0.234 e. The number of hydrogen-bond acceptors (Lipinski definition) is 5. The van der Waals surface area contributed by atoms with Crippen LogP contribution in [0.1, 0.15) is 24.6 Å². The fraction of sp³-hybridized carbons (Fsp3) is 0.250. The Labute approximate surface area is 118 Å². The Kier molecular flexibility index (Phi) is 2.31. The highest BCUT2D eigenvalue weighted by molar-refractivity contribution is 7.19. The summed E-state index contributed by atoms with van der Waals surface area (Å²) in [5.41, 5.74) is 7.33. The van der Waals surface area contributed by atoms with Gasteiger partial charge >= 0.3 is 0 Å². The van der Waals surface area contributed by atoms with E-state index in [1.165, 1.54) is 24.2 Å². The lowest BCUT2D eigenvalue weighted by molar-refractivity contribution is 0.828. The lowest BCUT2D eigenvalue weighted by Crippen LogP contribution is -1.93. The Morgan fingerprint density at radius 1 is 1.32 bits per heavy atom. The summed E-state index contributed by atoms with van der Waals surface area (Å²) in [7, 11) is 0. The monoisotopic (exact) mass is 291 g/mol. The van der Waals surface area contributed by atoms with Crippen LogP contribution in [0.4, 0.5) is 5.69 Å². The molecule has 1 fully saturated rings. The molecule has 0 saturated heterocycles. The Bertz CT molecular complexity index is 774. The van der Waals surface area contributed by atoms with Crippen molar-refractivity contribution in [2.45, 2.75) is 18.8 Å². The summed E-state index contributed by atoms with van der Waals surface area (Å²) in [4.78, 5) is 0.801. The number of nitrogen functional groups attached to an aromatic ring is 1. The zero-order valence-corrected chi connectivity index (χ0v) is 11.4. The van der Waals surface area contributed by atoms with Crippen molar-refractivity contribution in [2.75, 3.05) is 5.73 Å². The molecule has 7 heteroatoms. The third-order valence-corrected chi connectivity index (χ3v) is 4.44. The zero-order chi connectivity index (χ0) is 13.0. The molecule has 2 heterocycles. The average molecular weight is 292 g/mol. The lowest BCUT2D eigenvalue weighted by Gasteiger charge is -2.00. The number of fused-ring (bicyclic) bond motifs is 1. The van der Waals surface area contributed by atoms with Gasteiger partial charge in [0.05, 0.1) is 5.02 Å². The summed E-state index contributed by atoms with van der Waals surface area (Å²) in [6, 6.07) is 5.41. The van der Waals surface area contributed by atoms with Crippen LogP contribution in [0.2, 0.25) is 5.02 Å². The number of benzene rings is 1. The number of anilines is 1. The van der Waals surface area contributed by atoms with Crippen LogP contribution < -0.4 is 5.73 Å². The molecule has 0 atom stereocenters. The van der Waals surface area contributed by atoms with Crippen molar-refractivity contribution in [3.8, 4) is 10.6 Å². The second-order valence-corrected chi connectivity index (χ2v) is 6.04. The molecule has 1 aliphatic carbocycles. The third kappa shape index (κ3) is 1.79. The molecule has 1 aliphatic rings. The van der Waals surface area contributed by atoms with Gasteiger partial charge < -0.3 is 5.73 Å². The van der Waals surface area contributed by atoms with E-state index in [1.807, 2.05) is 10.6 Å².